The van der Waals surface area contributed by atoms with Gasteiger partial charge in [-0.15, -0.1) is 11.3 Å². The average molecular weight is 336 g/mol. The Morgan fingerprint density at radius 1 is 1.08 bits per heavy atom. The van der Waals surface area contributed by atoms with Gasteiger partial charge in [-0.2, -0.15) is 0 Å². The summed E-state index contributed by atoms with van der Waals surface area (Å²) in [5.41, 5.74) is 8.94. The second-order valence-electron chi connectivity index (χ2n) is 5.86. The predicted molar refractivity (Wildman–Crippen MR) is 99.3 cm³/mol. The molecule has 0 fully saturated rings. The summed E-state index contributed by atoms with van der Waals surface area (Å²) in [7, 11) is 0. The van der Waals surface area contributed by atoms with Gasteiger partial charge < -0.3 is 5.73 Å². The molecule has 2 aromatic carbocycles. The third-order valence-corrected chi connectivity index (χ3v) is 4.87. The zero-order chi connectivity index (χ0) is 16.9. The number of nitrogen functional groups attached to an aromatic ring is 1. The van der Waals surface area contributed by atoms with Gasteiger partial charge in [-0.25, -0.2) is 4.98 Å². The second kappa shape index (κ2) is 7.41. The number of benzene rings is 2. The van der Waals surface area contributed by atoms with Gasteiger partial charge in [-0.3, -0.25) is 4.79 Å². The standard InChI is InChI=1S/C20H20N2OS/c1-14-19(22-20(21)24-14)18(16-10-6-3-7-11-16)13-17(23)12-15-8-4-2-5-9-15/h2-11,18H,12-13H2,1H3,(H2,21,22). The topological polar surface area (TPSA) is 56.0 Å². The summed E-state index contributed by atoms with van der Waals surface area (Å²) in [6, 6.07) is 19.9. The Morgan fingerprint density at radius 3 is 2.29 bits per heavy atom. The minimum atomic E-state index is -0.0454. The summed E-state index contributed by atoms with van der Waals surface area (Å²) in [6.45, 7) is 2.01. The van der Waals surface area contributed by atoms with E-state index in [4.69, 9.17) is 5.73 Å². The fourth-order valence-electron chi connectivity index (χ4n) is 2.93. The number of thiazole rings is 1. The number of aromatic nitrogens is 1. The van der Waals surface area contributed by atoms with Crippen LogP contribution in [0.5, 0.6) is 0 Å². The minimum absolute atomic E-state index is 0.0454. The normalized spacial score (nSPS) is 12.0. The molecule has 122 valence electrons. The SMILES string of the molecule is Cc1sc(N)nc1C(CC(=O)Cc1ccccc1)c1ccccc1. The fourth-order valence-corrected chi connectivity index (χ4v) is 3.68. The van der Waals surface area contributed by atoms with Gasteiger partial charge >= 0.3 is 0 Å². The van der Waals surface area contributed by atoms with Crippen LogP contribution in [0, 0.1) is 6.92 Å². The molecule has 0 bridgehead atoms. The van der Waals surface area contributed by atoms with Gasteiger partial charge in [0.05, 0.1) is 5.69 Å². The highest BCUT2D eigenvalue weighted by atomic mass is 32.1. The smallest absolute Gasteiger partial charge is 0.180 e. The third-order valence-electron chi connectivity index (χ3n) is 4.06. The molecule has 2 N–H and O–H groups in total. The van der Waals surface area contributed by atoms with Crippen LogP contribution in [0.15, 0.2) is 60.7 Å². The van der Waals surface area contributed by atoms with Crippen LogP contribution >= 0.6 is 11.3 Å². The van der Waals surface area contributed by atoms with Crippen molar-refractivity contribution >= 4 is 22.3 Å². The second-order valence-corrected chi connectivity index (χ2v) is 7.10. The largest absolute Gasteiger partial charge is 0.375 e. The Bertz CT molecular complexity index is 812. The van der Waals surface area contributed by atoms with Crippen LogP contribution in [0.3, 0.4) is 0 Å². The van der Waals surface area contributed by atoms with Crippen LogP contribution in [-0.4, -0.2) is 10.8 Å². The van der Waals surface area contributed by atoms with Crippen LogP contribution < -0.4 is 5.73 Å². The first-order chi connectivity index (χ1) is 11.6. The van der Waals surface area contributed by atoms with E-state index >= 15 is 0 Å². The molecule has 0 spiro atoms. The predicted octanol–water partition coefficient (Wildman–Crippen LogP) is 4.37. The van der Waals surface area contributed by atoms with Gasteiger partial charge in [0, 0.05) is 23.6 Å². The Balaban J connectivity index is 1.85. The number of carbonyl (C=O) groups excluding carboxylic acids is 1. The van der Waals surface area contributed by atoms with Gasteiger partial charge in [-0.1, -0.05) is 60.7 Å². The van der Waals surface area contributed by atoms with Crippen LogP contribution in [0.2, 0.25) is 0 Å². The molecular formula is C20H20N2OS. The molecule has 3 aromatic rings. The maximum atomic E-state index is 12.6. The van der Waals surface area contributed by atoms with Crippen molar-refractivity contribution in [2.24, 2.45) is 0 Å². The van der Waals surface area contributed by atoms with Crippen LogP contribution in [0.1, 0.15) is 34.0 Å². The molecule has 0 saturated carbocycles. The highest BCUT2D eigenvalue weighted by Crippen LogP contribution is 2.33. The molecule has 0 aliphatic carbocycles. The molecule has 0 radical (unpaired) electrons. The molecule has 1 unspecified atom stereocenters. The summed E-state index contributed by atoms with van der Waals surface area (Å²) >= 11 is 1.48. The number of carbonyl (C=O) groups is 1. The summed E-state index contributed by atoms with van der Waals surface area (Å²) in [5.74, 6) is 0.164. The van der Waals surface area contributed by atoms with E-state index in [1.54, 1.807) is 0 Å². The summed E-state index contributed by atoms with van der Waals surface area (Å²) in [5, 5.41) is 0.555. The van der Waals surface area contributed by atoms with Crippen molar-refractivity contribution in [3.63, 3.8) is 0 Å². The van der Waals surface area contributed by atoms with E-state index in [1.165, 1.54) is 11.3 Å². The molecular weight excluding hydrogens is 316 g/mol. The number of nitrogens with two attached hydrogens (primary N) is 1. The Labute approximate surface area is 146 Å². The molecule has 3 rings (SSSR count). The quantitative estimate of drug-likeness (QED) is 0.727. The van der Waals surface area contributed by atoms with E-state index in [0.29, 0.717) is 18.0 Å². The zero-order valence-corrected chi connectivity index (χ0v) is 14.4. The van der Waals surface area contributed by atoms with Gasteiger partial charge in [0.1, 0.15) is 5.78 Å². The number of ketones is 1. The first-order valence-electron chi connectivity index (χ1n) is 7.97. The van der Waals surface area contributed by atoms with Crippen LogP contribution in [-0.2, 0) is 11.2 Å². The lowest BCUT2D eigenvalue weighted by molar-refractivity contribution is -0.118. The number of hydrogen-bond donors (Lipinski definition) is 1. The highest BCUT2D eigenvalue weighted by Gasteiger charge is 2.23. The maximum absolute atomic E-state index is 12.6. The van der Waals surface area contributed by atoms with E-state index in [9.17, 15) is 4.79 Å². The molecule has 0 saturated heterocycles. The van der Waals surface area contributed by atoms with E-state index < -0.39 is 0 Å². The van der Waals surface area contributed by atoms with Gasteiger partial charge in [0.15, 0.2) is 5.13 Å². The minimum Gasteiger partial charge on any atom is -0.375 e. The molecule has 1 aromatic heterocycles. The van der Waals surface area contributed by atoms with Crippen molar-refractivity contribution in [2.75, 3.05) is 5.73 Å². The molecule has 1 heterocycles. The first-order valence-corrected chi connectivity index (χ1v) is 8.78. The van der Waals surface area contributed by atoms with Crippen molar-refractivity contribution in [2.45, 2.75) is 25.7 Å². The average Bonchev–Trinajstić information content (AvgIpc) is 2.92. The van der Waals surface area contributed by atoms with Crippen molar-refractivity contribution in [3.8, 4) is 0 Å². The number of rotatable bonds is 6. The lowest BCUT2D eigenvalue weighted by Crippen LogP contribution is -2.12. The van der Waals surface area contributed by atoms with Crippen molar-refractivity contribution in [3.05, 3.63) is 82.4 Å². The molecule has 3 nitrogen and oxygen atoms in total. The number of aryl methyl sites for hydroxylation is 1. The summed E-state index contributed by atoms with van der Waals surface area (Å²) < 4.78 is 0. The van der Waals surface area contributed by atoms with E-state index in [0.717, 1.165) is 21.7 Å². The van der Waals surface area contributed by atoms with E-state index in [-0.39, 0.29) is 11.7 Å². The van der Waals surface area contributed by atoms with Crippen molar-refractivity contribution in [1.29, 1.82) is 0 Å². The molecule has 0 aliphatic rings. The van der Waals surface area contributed by atoms with Gasteiger partial charge in [0.2, 0.25) is 0 Å². The van der Waals surface area contributed by atoms with Crippen LogP contribution in [0.25, 0.3) is 0 Å². The van der Waals surface area contributed by atoms with E-state index in [2.05, 4.69) is 17.1 Å². The first kappa shape index (κ1) is 16.4. The lowest BCUT2D eigenvalue weighted by atomic mass is 9.89. The molecule has 0 amide bonds. The Kier molecular flexibility index (Phi) is 5.06. The maximum Gasteiger partial charge on any atom is 0.180 e. The van der Waals surface area contributed by atoms with Gasteiger partial charge in [-0.05, 0) is 18.1 Å². The molecule has 0 aliphatic heterocycles. The Morgan fingerprint density at radius 2 is 1.71 bits per heavy atom. The monoisotopic (exact) mass is 336 g/mol. The van der Waals surface area contributed by atoms with Crippen molar-refractivity contribution in [1.82, 2.24) is 4.98 Å². The molecule has 4 heteroatoms. The summed E-state index contributed by atoms with van der Waals surface area (Å²) in [6.07, 6.45) is 0.881. The highest BCUT2D eigenvalue weighted by molar-refractivity contribution is 7.15. The zero-order valence-electron chi connectivity index (χ0n) is 13.6. The molecule has 1 atom stereocenters. The van der Waals surface area contributed by atoms with Crippen LogP contribution in [0.4, 0.5) is 5.13 Å². The fraction of sp³-hybridized carbons (Fsp3) is 0.200. The number of nitrogens with zero attached hydrogens (tertiary/aromatic N) is 1. The van der Waals surface area contributed by atoms with E-state index in [1.807, 2.05) is 55.5 Å². The van der Waals surface area contributed by atoms with Gasteiger partial charge in [0.25, 0.3) is 0 Å². The molecule has 24 heavy (non-hydrogen) atoms. The number of hydrogen-bond acceptors (Lipinski definition) is 4. The number of anilines is 1. The third kappa shape index (κ3) is 3.89. The number of Topliss-reactive ketones (excluding diaryl/α,β-unsaturated/α-hetero) is 1. The lowest BCUT2D eigenvalue weighted by Gasteiger charge is -2.16. The van der Waals surface area contributed by atoms with Crippen molar-refractivity contribution < 1.29 is 4.79 Å². The Hall–Kier alpha value is -2.46. The summed E-state index contributed by atoms with van der Waals surface area (Å²) in [4.78, 5) is 18.2.